The molecule has 3 aromatic rings. The number of anilines is 1. The number of amides is 2. The molecule has 0 radical (unpaired) electrons. The van der Waals surface area contributed by atoms with Crippen LogP contribution in [-0.4, -0.2) is 23.4 Å². The summed E-state index contributed by atoms with van der Waals surface area (Å²) in [6, 6.07) is 14.0. The van der Waals surface area contributed by atoms with Crippen molar-refractivity contribution in [3.8, 4) is 16.3 Å². The van der Waals surface area contributed by atoms with Crippen molar-refractivity contribution in [2.75, 3.05) is 11.9 Å². The fourth-order valence-corrected chi connectivity index (χ4v) is 3.46. The Balaban J connectivity index is 1.77. The van der Waals surface area contributed by atoms with Crippen molar-refractivity contribution in [2.45, 2.75) is 13.8 Å². The Kier molecular flexibility index (Phi) is 5.52. The highest BCUT2D eigenvalue weighted by Gasteiger charge is 2.16. The van der Waals surface area contributed by atoms with Crippen LogP contribution in [0, 0.1) is 6.92 Å². The van der Waals surface area contributed by atoms with E-state index in [-0.39, 0.29) is 5.91 Å². The van der Waals surface area contributed by atoms with Gasteiger partial charge in [-0.15, -0.1) is 11.3 Å². The molecule has 0 spiro atoms. The van der Waals surface area contributed by atoms with Gasteiger partial charge in [0.1, 0.15) is 15.6 Å². The summed E-state index contributed by atoms with van der Waals surface area (Å²) in [5, 5.41) is 3.58. The van der Waals surface area contributed by atoms with Crippen molar-refractivity contribution in [2.24, 2.45) is 5.73 Å². The lowest BCUT2D eigenvalue weighted by molar-refractivity contribution is 0.0998. The number of nitrogens with zero attached hydrogens (tertiary/aromatic N) is 1. The first-order valence-electron chi connectivity index (χ1n) is 8.40. The third-order valence-corrected chi connectivity index (χ3v) is 5.05. The van der Waals surface area contributed by atoms with Crippen molar-refractivity contribution in [3.05, 3.63) is 64.7 Å². The van der Waals surface area contributed by atoms with Gasteiger partial charge in [-0.25, -0.2) is 4.98 Å². The van der Waals surface area contributed by atoms with Crippen LogP contribution in [0.2, 0.25) is 0 Å². The zero-order valence-corrected chi connectivity index (χ0v) is 15.8. The molecular formula is C20H19N3O3S. The van der Waals surface area contributed by atoms with Gasteiger partial charge in [0.05, 0.1) is 12.3 Å². The van der Waals surface area contributed by atoms with Crippen LogP contribution in [0.1, 0.15) is 32.6 Å². The van der Waals surface area contributed by atoms with Gasteiger partial charge in [0, 0.05) is 16.8 Å². The molecule has 0 aliphatic heterocycles. The van der Waals surface area contributed by atoms with Gasteiger partial charge in [-0.3, -0.25) is 9.59 Å². The Morgan fingerprint density at radius 1 is 1.11 bits per heavy atom. The molecule has 0 unspecified atom stereocenters. The highest BCUT2D eigenvalue weighted by Crippen LogP contribution is 2.29. The van der Waals surface area contributed by atoms with E-state index in [1.54, 1.807) is 31.2 Å². The molecule has 2 aromatic carbocycles. The first-order valence-corrected chi connectivity index (χ1v) is 9.21. The summed E-state index contributed by atoms with van der Waals surface area (Å²) in [4.78, 5) is 28.8. The Morgan fingerprint density at radius 3 is 2.37 bits per heavy atom. The number of carbonyl (C=O) groups excluding carboxylic acids is 2. The summed E-state index contributed by atoms with van der Waals surface area (Å²) in [6.45, 7) is 4.35. The number of hydrogen-bond acceptors (Lipinski definition) is 5. The van der Waals surface area contributed by atoms with E-state index in [1.165, 1.54) is 11.3 Å². The van der Waals surface area contributed by atoms with Crippen LogP contribution in [0.3, 0.4) is 0 Å². The molecule has 3 N–H and O–H groups in total. The predicted octanol–water partition coefficient (Wildman–Crippen LogP) is 3.87. The molecule has 0 saturated carbocycles. The van der Waals surface area contributed by atoms with Gasteiger partial charge in [-0.05, 0) is 62.4 Å². The van der Waals surface area contributed by atoms with Crippen molar-refractivity contribution >= 4 is 28.8 Å². The van der Waals surface area contributed by atoms with Crippen molar-refractivity contribution in [1.82, 2.24) is 4.98 Å². The molecule has 0 aliphatic rings. The Labute approximate surface area is 161 Å². The average molecular weight is 381 g/mol. The molecule has 0 fully saturated rings. The van der Waals surface area contributed by atoms with Crippen LogP contribution >= 0.6 is 11.3 Å². The van der Waals surface area contributed by atoms with E-state index in [0.29, 0.717) is 28.4 Å². The summed E-state index contributed by atoms with van der Waals surface area (Å²) in [6.07, 6.45) is 0. The number of carbonyl (C=O) groups is 2. The summed E-state index contributed by atoms with van der Waals surface area (Å²) in [5.74, 6) is 0.0482. The number of ether oxygens (including phenoxy) is 1. The maximum atomic E-state index is 12.6. The fourth-order valence-electron chi connectivity index (χ4n) is 2.50. The number of aryl methyl sites for hydroxylation is 1. The molecule has 7 heteroatoms. The van der Waals surface area contributed by atoms with Gasteiger partial charge in [0.25, 0.3) is 5.91 Å². The van der Waals surface area contributed by atoms with Crippen LogP contribution in [-0.2, 0) is 0 Å². The SMILES string of the molecule is CCOc1ccc(-c2nc(C)c(C(=O)Nc3ccc(C(N)=O)cc3)s2)cc1. The molecule has 138 valence electrons. The number of nitrogens with one attached hydrogen (secondary N) is 1. The van der Waals surface area contributed by atoms with Gasteiger partial charge in [0.2, 0.25) is 5.91 Å². The van der Waals surface area contributed by atoms with E-state index in [1.807, 2.05) is 31.2 Å². The number of benzene rings is 2. The zero-order valence-electron chi connectivity index (χ0n) is 15.0. The summed E-state index contributed by atoms with van der Waals surface area (Å²) in [5.41, 5.74) is 7.78. The number of primary amides is 1. The molecule has 1 aromatic heterocycles. The van der Waals surface area contributed by atoms with Gasteiger partial charge in [-0.2, -0.15) is 0 Å². The monoisotopic (exact) mass is 381 g/mol. The third-order valence-electron chi connectivity index (χ3n) is 3.84. The first kappa shape index (κ1) is 18.6. The van der Waals surface area contributed by atoms with Crippen LogP contribution in [0.4, 0.5) is 5.69 Å². The first-order chi connectivity index (χ1) is 13.0. The van der Waals surface area contributed by atoms with Crippen LogP contribution in [0.25, 0.3) is 10.6 Å². The number of aromatic nitrogens is 1. The predicted molar refractivity (Wildman–Crippen MR) is 106 cm³/mol. The minimum Gasteiger partial charge on any atom is -0.494 e. The van der Waals surface area contributed by atoms with Crippen LogP contribution < -0.4 is 15.8 Å². The minimum atomic E-state index is -0.508. The lowest BCUT2D eigenvalue weighted by Gasteiger charge is -2.04. The van der Waals surface area contributed by atoms with Crippen molar-refractivity contribution in [3.63, 3.8) is 0 Å². The lowest BCUT2D eigenvalue weighted by Crippen LogP contribution is -2.13. The molecule has 6 nitrogen and oxygen atoms in total. The van der Waals surface area contributed by atoms with E-state index in [2.05, 4.69) is 10.3 Å². The second kappa shape index (κ2) is 8.01. The third kappa shape index (κ3) is 4.32. The number of hydrogen-bond donors (Lipinski definition) is 2. The van der Waals surface area contributed by atoms with E-state index in [4.69, 9.17) is 10.5 Å². The normalized spacial score (nSPS) is 10.4. The molecule has 27 heavy (non-hydrogen) atoms. The molecule has 2 amide bonds. The molecule has 0 aliphatic carbocycles. The Bertz CT molecular complexity index is 963. The molecule has 3 rings (SSSR count). The van der Waals surface area contributed by atoms with E-state index in [0.717, 1.165) is 16.3 Å². The van der Waals surface area contributed by atoms with Crippen molar-refractivity contribution in [1.29, 1.82) is 0 Å². The zero-order chi connectivity index (χ0) is 19.4. The van der Waals surface area contributed by atoms with E-state index in [9.17, 15) is 9.59 Å². The van der Waals surface area contributed by atoms with E-state index >= 15 is 0 Å². The molecule has 0 bridgehead atoms. The second-order valence-corrected chi connectivity index (χ2v) is 6.79. The highest BCUT2D eigenvalue weighted by molar-refractivity contribution is 7.17. The summed E-state index contributed by atoms with van der Waals surface area (Å²) in [7, 11) is 0. The maximum Gasteiger partial charge on any atom is 0.267 e. The molecule has 0 saturated heterocycles. The van der Waals surface area contributed by atoms with Gasteiger partial charge >= 0.3 is 0 Å². The maximum absolute atomic E-state index is 12.6. The number of thiazole rings is 1. The summed E-state index contributed by atoms with van der Waals surface area (Å²) < 4.78 is 5.44. The topological polar surface area (TPSA) is 94.3 Å². The van der Waals surface area contributed by atoms with Crippen LogP contribution in [0.15, 0.2) is 48.5 Å². The molecule has 1 heterocycles. The largest absolute Gasteiger partial charge is 0.494 e. The quantitative estimate of drug-likeness (QED) is 0.678. The standard InChI is InChI=1S/C20H19N3O3S/c1-3-26-16-10-6-14(7-11-16)20-22-12(2)17(27-20)19(25)23-15-8-4-13(5-9-15)18(21)24/h4-11H,3H2,1-2H3,(H2,21,24)(H,23,25). The Morgan fingerprint density at radius 2 is 1.78 bits per heavy atom. The van der Waals surface area contributed by atoms with Gasteiger partial charge < -0.3 is 15.8 Å². The second-order valence-electron chi connectivity index (χ2n) is 5.79. The minimum absolute atomic E-state index is 0.242. The fraction of sp³-hybridized carbons (Fsp3) is 0.150. The highest BCUT2D eigenvalue weighted by atomic mass is 32.1. The smallest absolute Gasteiger partial charge is 0.267 e. The van der Waals surface area contributed by atoms with E-state index < -0.39 is 5.91 Å². The van der Waals surface area contributed by atoms with Crippen LogP contribution in [0.5, 0.6) is 5.75 Å². The number of nitrogens with two attached hydrogens (primary N) is 1. The molecular weight excluding hydrogens is 362 g/mol. The van der Waals surface area contributed by atoms with Gasteiger partial charge in [0.15, 0.2) is 0 Å². The average Bonchev–Trinajstić information content (AvgIpc) is 3.05. The lowest BCUT2D eigenvalue weighted by atomic mass is 10.2. The van der Waals surface area contributed by atoms with Gasteiger partial charge in [-0.1, -0.05) is 0 Å². The van der Waals surface area contributed by atoms with Crippen molar-refractivity contribution < 1.29 is 14.3 Å². The summed E-state index contributed by atoms with van der Waals surface area (Å²) >= 11 is 1.33. The number of rotatable bonds is 6. The molecule has 0 atom stereocenters. The Hall–Kier alpha value is -3.19.